The van der Waals surface area contributed by atoms with Gasteiger partial charge in [-0.2, -0.15) is 0 Å². The summed E-state index contributed by atoms with van der Waals surface area (Å²) in [6, 6.07) is 5.41. The molecule has 9 heteroatoms. The number of hydrogen-bond donors (Lipinski definition) is 1. The number of nitro groups is 1. The average Bonchev–Trinajstić information content (AvgIpc) is 2.56. The minimum Gasteiger partial charge on any atom is -0.370 e. The van der Waals surface area contributed by atoms with Gasteiger partial charge in [0, 0.05) is 30.4 Å². The molecule has 0 amide bonds. The lowest BCUT2D eigenvalue weighted by atomic mass is 10.2. The van der Waals surface area contributed by atoms with Crippen LogP contribution in [-0.2, 0) is 6.54 Å². The molecular weight excluding hydrogens is 321 g/mol. The lowest BCUT2D eigenvalue weighted by Gasteiger charge is -2.16. The third-order valence-electron chi connectivity index (χ3n) is 3.00. The SMILES string of the molecule is CCNc1nc(SC)ncc1CN(F)c1cccc([N+](=O)[O-])c1. The maximum absolute atomic E-state index is 14.4. The van der Waals surface area contributed by atoms with Crippen molar-refractivity contribution < 1.29 is 9.40 Å². The Labute approximate surface area is 137 Å². The van der Waals surface area contributed by atoms with Crippen molar-refractivity contribution in [3.05, 3.63) is 46.1 Å². The van der Waals surface area contributed by atoms with Crippen LogP contribution in [0.2, 0.25) is 0 Å². The molecule has 1 heterocycles. The number of nitrogens with zero attached hydrogens (tertiary/aromatic N) is 4. The Hall–Kier alpha value is -2.42. The zero-order chi connectivity index (χ0) is 16.8. The molecule has 7 nitrogen and oxygen atoms in total. The smallest absolute Gasteiger partial charge is 0.271 e. The van der Waals surface area contributed by atoms with E-state index >= 15 is 0 Å². The molecule has 0 spiro atoms. The van der Waals surface area contributed by atoms with Crippen molar-refractivity contribution in [3.63, 3.8) is 0 Å². The van der Waals surface area contributed by atoms with Crippen molar-refractivity contribution in [2.24, 2.45) is 0 Å². The number of non-ortho nitro benzene ring substituents is 1. The van der Waals surface area contributed by atoms with Gasteiger partial charge in [0.25, 0.3) is 5.69 Å². The van der Waals surface area contributed by atoms with Crippen molar-refractivity contribution in [2.45, 2.75) is 18.6 Å². The monoisotopic (exact) mass is 337 g/mol. The summed E-state index contributed by atoms with van der Waals surface area (Å²) >= 11 is 1.39. The van der Waals surface area contributed by atoms with Crippen LogP contribution in [0.15, 0.2) is 35.6 Å². The van der Waals surface area contributed by atoms with Crippen molar-refractivity contribution in [3.8, 4) is 0 Å². The van der Waals surface area contributed by atoms with E-state index in [1.54, 1.807) is 6.20 Å². The molecule has 0 fully saturated rings. The van der Waals surface area contributed by atoms with Crippen LogP contribution < -0.4 is 10.4 Å². The van der Waals surface area contributed by atoms with Crippen molar-refractivity contribution in [1.29, 1.82) is 0 Å². The average molecular weight is 337 g/mol. The predicted octanol–water partition coefficient (Wildman–Crippen LogP) is 3.43. The van der Waals surface area contributed by atoms with Gasteiger partial charge in [-0.05, 0) is 19.2 Å². The van der Waals surface area contributed by atoms with Gasteiger partial charge in [0.05, 0.1) is 17.2 Å². The van der Waals surface area contributed by atoms with Gasteiger partial charge in [-0.1, -0.05) is 22.3 Å². The quantitative estimate of drug-likeness (QED) is 0.272. The minimum atomic E-state index is -0.558. The highest BCUT2D eigenvalue weighted by atomic mass is 32.2. The molecule has 0 saturated heterocycles. The Morgan fingerprint density at radius 3 is 2.91 bits per heavy atom. The Morgan fingerprint density at radius 1 is 1.48 bits per heavy atom. The van der Waals surface area contributed by atoms with Gasteiger partial charge < -0.3 is 5.32 Å². The molecule has 1 N–H and O–H groups in total. The Balaban J connectivity index is 2.24. The van der Waals surface area contributed by atoms with E-state index in [2.05, 4.69) is 15.3 Å². The Bertz CT molecular complexity index is 701. The number of nitrogens with one attached hydrogen (secondary N) is 1. The number of thioether (sulfide) groups is 1. The normalized spacial score (nSPS) is 10.4. The third-order valence-corrected chi connectivity index (χ3v) is 3.56. The number of aromatic nitrogens is 2. The second kappa shape index (κ2) is 7.73. The summed E-state index contributed by atoms with van der Waals surface area (Å²) in [5, 5.41) is 14.9. The molecule has 1 aromatic heterocycles. The first-order chi connectivity index (χ1) is 11.0. The zero-order valence-electron chi connectivity index (χ0n) is 12.7. The highest BCUT2D eigenvalue weighted by Crippen LogP contribution is 2.25. The number of halogens is 1. The summed E-state index contributed by atoms with van der Waals surface area (Å²) in [5.41, 5.74) is 0.514. The first kappa shape index (κ1) is 16.9. The molecule has 0 aliphatic carbocycles. The topological polar surface area (TPSA) is 84.2 Å². The van der Waals surface area contributed by atoms with Gasteiger partial charge >= 0.3 is 0 Å². The first-order valence-corrected chi connectivity index (χ1v) is 8.09. The fourth-order valence-corrected chi connectivity index (χ4v) is 2.26. The molecule has 0 unspecified atom stereocenters. The molecule has 0 aliphatic rings. The van der Waals surface area contributed by atoms with E-state index in [4.69, 9.17) is 0 Å². The second-order valence-electron chi connectivity index (χ2n) is 4.56. The minimum absolute atomic E-state index is 0.107. The van der Waals surface area contributed by atoms with E-state index < -0.39 is 4.92 Å². The van der Waals surface area contributed by atoms with E-state index in [0.29, 0.717) is 28.2 Å². The second-order valence-corrected chi connectivity index (χ2v) is 5.33. The van der Waals surface area contributed by atoms with Crippen LogP contribution in [0.1, 0.15) is 12.5 Å². The summed E-state index contributed by atoms with van der Waals surface area (Å²) in [7, 11) is 0. The van der Waals surface area contributed by atoms with E-state index in [1.807, 2.05) is 13.2 Å². The molecule has 23 heavy (non-hydrogen) atoms. The molecule has 2 aromatic rings. The van der Waals surface area contributed by atoms with Gasteiger partial charge in [0.15, 0.2) is 5.16 Å². The van der Waals surface area contributed by atoms with Crippen LogP contribution in [0.5, 0.6) is 0 Å². The third kappa shape index (κ3) is 4.28. The highest BCUT2D eigenvalue weighted by Gasteiger charge is 2.15. The molecule has 0 atom stereocenters. The molecule has 0 aliphatic heterocycles. The summed E-state index contributed by atoms with van der Waals surface area (Å²) in [5.74, 6) is 0.555. The number of hydrogen-bond acceptors (Lipinski definition) is 7. The van der Waals surface area contributed by atoms with E-state index in [0.717, 1.165) is 0 Å². The van der Waals surface area contributed by atoms with Crippen LogP contribution in [0.4, 0.5) is 21.7 Å². The van der Waals surface area contributed by atoms with Crippen LogP contribution in [0.25, 0.3) is 0 Å². The number of nitro benzene ring substituents is 1. The van der Waals surface area contributed by atoms with E-state index in [9.17, 15) is 14.6 Å². The molecule has 0 radical (unpaired) electrons. The Kier molecular flexibility index (Phi) is 5.69. The Morgan fingerprint density at radius 2 is 2.26 bits per heavy atom. The first-order valence-electron chi connectivity index (χ1n) is 6.86. The maximum Gasteiger partial charge on any atom is 0.271 e. The van der Waals surface area contributed by atoms with Crippen molar-refractivity contribution in [1.82, 2.24) is 9.97 Å². The summed E-state index contributed by atoms with van der Waals surface area (Å²) in [4.78, 5) is 18.7. The van der Waals surface area contributed by atoms with Crippen LogP contribution in [0, 0.1) is 10.1 Å². The van der Waals surface area contributed by atoms with Gasteiger partial charge in [0.1, 0.15) is 5.82 Å². The van der Waals surface area contributed by atoms with Crippen LogP contribution in [-0.4, -0.2) is 27.7 Å². The molecule has 2 rings (SSSR count). The van der Waals surface area contributed by atoms with Crippen molar-refractivity contribution in [2.75, 3.05) is 23.2 Å². The molecule has 122 valence electrons. The number of anilines is 2. The van der Waals surface area contributed by atoms with E-state index in [-0.39, 0.29) is 17.9 Å². The lowest BCUT2D eigenvalue weighted by molar-refractivity contribution is -0.384. The van der Waals surface area contributed by atoms with Gasteiger partial charge in [-0.3, -0.25) is 10.1 Å². The van der Waals surface area contributed by atoms with Crippen molar-refractivity contribution >= 4 is 29.0 Å². The molecule has 1 aromatic carbocycles. The molecule has 0 saturated carbocycles. The molecular formula is C14H16FN5O2S. The summed E-state index contributed by atoms with van der Waals surface area (Å²) in [6.45, 7) is 2.44. The van der Waals surface area contributed by atoms with E-state index in [1.165, 1.54) is 36.0 Å². The summed E-state index contributed by atoms with van der Waals surface area (Å²) in [6.07, 6.45) is 3.41. The maximum atomic E-state index is 14.4. The standard InChI is InChI=1S/C14H16FN5O2S/c1-3-16-13-10(8-17-14(18-13)23-2)9-19(15)11-5-4-6-12(7-11)20(21)22/h4-8H,3,9H2,1-2H3,(H,16,17,18). The largest absolute Gasteiger partial charge is 0.370 e. The lowest BCUT2D eigenvalue weighted by Crippen LogP contribution is -2.15. The fourth-order valence-electron chi connectivity index (χ4n) is 1.92. The number of rotatable bonds is 7. The number of benzene rings is 1. The molecule has 0 bridgehead atoms. The predicted molar refractivity (Wildman–Crippen MR) is 88.4 cm³/mol. The highest BCUT2D eigenvalue weighted by molar-refractivity contribution is 7.98. The summed E-state index contributed by atoms with van der Waals surface area (Å²) < 4.78 is 14.4. The zero-order valence-corrected chi connectivity index (χ0v) is 13.5. The fraction of sp³-hybridized carbons (Fsp3) is 0.286. The van der Waals surface area contributed by atoms with Gasteiger partial charge in [-0.25, -0.2) is 15.1 Å². The van der Waals surface area contributed by atoms with Crippen LogP contribution in [0.3, 0.4) is 0 Å². The van der Waals surface area contributed by atoms with Gasteiger partial charge in [-0.15, -0.1) is 0 Å². The van der Waals surface area contributed by atoms with Gasteiger partial charge in [0.2, 0.25) is 0 Å². The van der Waals surface area contributed by atoms with Crippen LogP contribution >= 0.6 is 11.8 Å².